The van der Waals surface area contributed by atoms with Crippen molar-refractivity contribution in [3.63, 3.8) is 0 Å². The fourth-order valence-electron chi connectivity index (χ4n) is 2.71. The zero-order valence-corrected chi connectivity index (χ0v) is 16.6. The third-order valence-corrected chi connectivity index (χ3v) is 4.45. The van der Waals surface area contributed by atoms with Gasteiger partial charge in [0, 0.05) is 11.8 Å². The number of amides is 2. The maximum absolute atomic E-state index is 12.8. The van der Waals surface area contributed by atoms with Crippen LogP contribution < -0.4 is 10.6 Å². The number of carbonyl (C=O) groups is 1. The first kappa shape index (κ1) is 21.1. The maximum Gasteiger partial charge on any atom is 0.433 e. The van der Waals surface area contributed by atoms with Gasteiger partial charge in [-0.3, -0.25) is 9.97 Å². The van der Waals surface area contributed by atoms with Gasteiger partial charge in [0.25, 0.3) is 0 Å². The summed E-state index contributed by atoms with van der Waals surface area (Å²) in [5, 5.41) is 5.01. The van der Waals surface area contributed by atoms with Crippen LogP contribution in [0.3, 0.4) is 0 Å². The van der Waals surface area contributed by atoms with E-state index in [4.69, 9.17) is 23.2 Å². The van der Waals surface area contributed by atoms with E-state index in [0.717, 1.165) is 6.20 Å². The molecule has 6 nitrogen and oxygen atoms in total. The molecule has 0 aliphatic heterocycles. The Bertz CT molecular complexity index is 1090. The molecule has 0 unspecified atom stereocenters. The van der Waals surface area contributed by atoms with E-state index in [2.05, 4.69) is 25.6 Å². The smallest absolute Gasteiger partial charge is 0.306 e. The van der Waals surface area contributed by atoms with Crippen molar-refractivity contribution < 1.29 is 18.0 Å². The first-order valence-electron chi connectivity index (χ1n) is 8.32. The topological polar surface area (TPSA) is 79.8 Å². The first-order chi connectivity index (χ1) is 13.6. The fourth-order valence-corrected chi connectivity index (χ4v) is 3.01. The number of nitrogens with one attached hydrogen (secondary N) is 2. The van der Waals surface area contributed by atoms with Crippen LogP contribution in [0.1, 0.15) is 31.0 Å². The van der Waals surface area contributed by atoms with Crippen molar-refractivity contribution in [1.29, 1.82) is 0 Å². The fraction of sp³-hybridized carbons (Fsp3) is 0.222. The number of hydrogen-bond acceptors (Lipinski definition) is 4. The van der Waals surface area contributed by atoms with Gasteiger partial charge in [0.05, 0.1) is 33.6 Å². The molecule has 152 valence electrons. The van der Waals surface area contributed by atoms with Gasteiger partial charge in [-0.15, -0.1) is 0 Å². The number of rotatable bonds is 3. The summed E-state index contributed by atoms with van der Waals surface area (Å²) in [7, 11) is 0. The number of hydrogen-bond donors (Lipinski definition) is 2. The Hall–Kier alpha value is -2.65. The Morgan fingerprint density at radius 1 is 1.07 bits per heavy atom. The SMILES string of the molecule is CC(C)c1c(NC(=O)Nc2cc(C(F)(F)F)ncc2Cl)cnc2ccc(Cl)nc12. The number of pyridine rings is 3. The van der Waals surface area contributed by atoms with Gasteiger partial charge in [-0.1, -0.05) is 37.0 Å². The van der Waals surface area contributed by atoms with E-state index in [-0.39, 0.29) is 21.8 Å². The lowest BCUT2D eigenvalue weighted by Crippen LogP contribution is -2.21. The zero-order chi connectivity index (χ0) is 21.3. The van der Waals surface area contributed by atoms with Crippen LogP contribution in [0.15, 0.2) is 30.6 Å². The molecule has 0 fully saturated rings. The molecule has 2 N–H and O–H groups in total. The van der Waals surface area contributed by atoms with Crippen molar-refractivity contribution in [3.8, 4) is 0 Å². The van der Waals surface area contributed by atoms with E-state index in [1.165, 1.54) is 6.20 Å². The van der Waals surface area contributed by atoms with Crippen molar-refractivity contribution in [2.24, 2.45) is 0 Å². The Morgan fingerprint density at radius 3 is 2.41 bits per heavy atom. The van der Waals surface area contributed by atoms with Gasteiger partial charge in [-0.05, 0) is 24.1 Å². The normalized spacial score (nSPS) is 11.7. The lowest BCUT2D eigenvalue weighted by molar-refractivity contribution is -0.141. The van der Waals surface area contributed by atoms with Crippen LogP contribution in [0.2, 0.25) is 10.2 Å². The van der Waals surface area contributed by atoms with Crippen molar-refractivity contribution >= 4 is 51.6 Å². The van der Waals surface area contributed by atoms with Gasteiger partial charge >= 0.3 is 12.2 Å². The molecule has 0 spiro atoms. The largest absolute Gasteiger partial charge is 0.433 e. The summed E-state index contributed by atoms with van der Waals surface area (Å²) in [4.78, 5) is 24.2. The molecule has 0 atom stereocenters. The lowest BCUT2D eigenvalue weighted by Gasteiger charge is -2.16. The van der Waals surface area contributed by atoms with Gasteiger partial charge in [-0.2, -0.15) is 13.2 Å². The summed E-state index contributed by atoms with van der Waals surface area (Å²) in [5.74, 6) is -0.0527. The lowest BCUT2D eigenvalue weighted by atomic mass is 10.0. The van der Waals surface area contributed by atoms with Gasteiger partial charge < -0.3 is 10.6 Å². The number of carbonyl (C=O) groups excluding carboxylic acids is 1. The number of halogens is 5. The van der Waals surface area contributed by atoms with E-state index >= 15 is 0 Å². The number of nitrogens with zero attached hydrogens (tertiary/aromatic N) is 3. The summed E-state index contributed by atoms with van der Waals surface area (Å²) in [6, 6.07) is 3.17. The molecule has 3 aromatic rings. The van der Waals surface area contributed by atoms with Crippen molar-refractivity contribution in [1.82, 2.24) is 15.0 Å². The first-order valence-corrected chi connectivity index (χ1v) is 9.07. The number of fused-ring (bicyclic) bond motifs is 1. The quantitative estimate of drug-likeness (QED) is 0.478. The molecular weight excluding hydrogens is 430 g/mol. The monoisotopic (exact) mass is 443 g/mol. The number of aromatic nitrogens is 3. The second-order valence-corrected chi connectivity index (χ2v) is 7.16. The Kier molecular flexibility index (Phi) is 5.81. The molecule has 29 heavy (non-hydrogen) atoms. The standard InChI is InChI=1S/C18H14Cl2F3N5O/c1-8(2)15-12(7-24-10-3-4-14(20)28-16(10)15)27-17(29)26-11-5-13(18(21,22)23)25-6-9(11)19/h3-8H,1-2H3,(H2,25,26,27,29). The number of urea groups is 1. The average molecular weight is 444 g/mol. The minimum atomic E-state index is -4.67. The van der Waals surface area contributed by atoms with E-state index in [9.17, 15) is 18.0 Å². The highest BCUT2D eigenvalue weighted by Gasteiger charge is 2.33. The van der Waals surface area contributed by atoms with Crippen LogP contribution in [0, 0.1) is 0 Å². The minimum Gasteiger partial charge on any atom is -0.306 e. The van der Waals surface area contributed by atoms with Crippen molar-refractivity contribution in [2.75, 3.05) is 10.6 Å². The maximum atomic E-state index is 12.8. The Morgan fingerprint density at radius 2 is 1.76 bits per heavy atom. The molecule has 3 aromatic heterocycles. The summed E-state index contributed by atoms with van der Waals surface area (Å²) >= 11 is 11.8. The molecule has 0 radical (unpaired) electrons. The van der Waals surface area contributed by atoms with Gasteiger partial charge in [-0.25, -0.2) is 9.78 Å². The van der Waals surface area contributed by atoms with E-state index in [1.807, 2.05) is 13.8 Å². The molecule has 3 heterocycles. The molecule has 11 heteroatoms. The van der Waals surface area contributed by atoms with Crippen molar-refractivity contribution in [3.05, 3.63) is 52.0 Å². The molecule has 0 saturated heterocycles. The summed E-state index contributed by atoms with van der Waals surface area (Å²) < 4.78 is 38.5. The average Bonchev–Trinajstić information content (AvgIpc) is 2.61. The van der Waals surface area contributed by atoms with Crippen LogP contribution in [0.5, 0.6) is 0 Å². The van der Waals surface area contributed by atoms with Crippen LogP contribution in [-0.2, 0) is 6.18 Å². The molecular formula is C18H14Cl2F3N5O. The highest BCUT2D eigenvalue weighted by Crippen LogP contribution is 2.33. The van der Waals surface area contributed by atoms with Gasteiger partial charge in [0.1, 0.15) is 10.8 Å². The van der Waals surface area contributed by atoms with Crippen LogP contribution >= 0.6 is 23.2 Å². The van der Waals surface area contributed by atoms with Crippen molar-refractivity contribution in [2.45, 2.75) is 25.9 Å². The van der Waals surface area contributed by atoms with E-state index < -0.39 is 17.9 Å². The number of alkyl halides is 3. The molecule has 0 aliphatic carbocycles. The minimum absolute atomic E-state index is 0.0527. The Labute approximate surface area is 173 Å². The summed E-state index contributed by atoms with van der Waals surface area (Å²) in [6.07, 6.45) is -2.40. The third kappa shape index (κ3) is 4.68. The summed E-state index contributed by atoms with van der Waals surface area (Å²) in [6.45, 7) is 3.80. The molecule has 3 rings (SSSR count). The molecule has 0 aliphatic rings. The second kappa shape index (κ2) is 8.00. The highest BCUT2D eigenvalue weighted by atomic mass is 35.5. The third-order valence-electron chi connectivity index (χ3n) is 3.94. The van der Waals surface area contributed by atoms with Crippen LogP contribution in [0.4, 0.5) is 29.3 Å². The zero-order valence-electron chi connectivity index (χ0n) is 15.1. The van der Waals surface area contributed by atoms with Crippen LogP contribution in [0.25, 0.3) is 11.0 Å². The van der Waals surface area contributed by atoms with E-state index in [1.54, 1.807) is 12.1 Å². The predicted octanol–water partition coefficient (Wildman–Crippen LogP) is 6.12. The van der Waals surface area contributed by atoms with Gasteiger partial charge in [0.2, 0.25) is 0 Å². The molecule has 0 aromatic carbocycles. The van der Waals surface area contributed by atoms with Gasteiger partial charge in [0.15, 0.2) is 0 Å². The predicted molar refractivity (Wildman–Crippen MR) is 106 cm³/mol. The summed E-state index contributed by atoms with van der Waals surface area (Å²) in [5.41, 5.74) is 0.742. The molecule has 2 amide bonds. The highest BCUT2D eigenvalue weighted by molar-refractivity contribution is 6.33. The molecule has 0 bridgehead atoms. The second-order valence-electron chi connectivity index (χ2n) is 6.37. The molecule has 0 saturated carbocycles. The Balaban J connectivity index is 1.92. The number of anilines is 2. The van der Waals surface area contributed by atoms with Crippen LogP contribution in [-0.4, -0.2) is 21.0 Å². The van der Waals surface area contributed by atoms with E-state index in [0.29, 0.717) is 28.4 Å².